The van der Waals surface area contributed by atoms with E-state index in [1.54, 1.807) is 18.2 Å². The second-order valence-corrected chi connectivity index (χ2v) is 9.98. The molecule has 0 atom stereocenters. The van der Waals surface area contributed by atoms with Crippen LogP contribution in [0.4, 0.5) is 22.0 Å². The number of aromatic nitrogens is 1. The molecule has 0 spiro atoms. The monoisotopic (exact) mass is 527 g/mol. The molecule has 1 heterocycles. The molecule has 0 saturated carbocycles. The van der Waals surface area contributed by atoms with E-state index in [-0.39, 0.29) is 0 Å². The summed E-state index contributed by atoms with van der Waals surface area (Å²) in [5.74, 6) is -4.91. The highest BCUT2D eigenvalue weighted by Crippen LogP contribution is 2.44. The molecule has 6 aromatic rings. The molecule has 5 aromatic carbocycles. The Morgan fingerprint density at radius 3 is 1.82 bits per heavy atom. The summed E-state index contributed by atoms with van der Waals surface area (Å²) in [6, 6.07) is 26.8. The van der Waals surface area contributed by atoms with Gasteiger partial charge in [0.05, 0.1) is 5.69 Å². The Morgan fingerprint density at radius 2 is 1.10 bits per heavy atom. The molecule has 0 aliphatic rings. The molecule has 0 saturated heterocycles. The molecule has 194 valence electrons. The van der Waals surface area contributed by atoms with Crippen LogP contribution >= 0.6 is 0 Å². The van der Waals surface area contributed by atoms with Crippen LogP contribution < -0.4 is 0 Å². The fourth-order valence-electron chi connectivity index (χ4n) is 5.30. The Hall–Kier alpha value is -4.32. The third-order valence-corrected chi connectivity index (χ3v) is 7.15. The highest BCUT2D eigenvalue weighted by molar-refractivity contribution is 6.12. The Morgan fingerprint density at radius 1 is 0.513 bits per heavy atom. The minimum absolute atomic E-state index is 0.318. The molecule has 1 nitrogen and oxygen atoms in total. The standard InChI is InChI=1S/C33H22F5N/c1-19-13-20(2)15-26(14-19)31-30-10-7-25-17-23(6-9-28(25)29(30)11-12-39-31)21-3-4-24-18-27(8-5-22(24)16-21)32(34,35)33(36,37)38/h3-18H,1-2H3. The fourth-order valence-corrected chi connectivity index (χ4v) is 5.30. The SMILES string of the molecule is Cc1cc(C)cc(-c2nccc3c2ccc2cc(-c4ccc5cc(C(F)(F)C(F)(F)F)ccc5c4)ccc23)c1. The van der Waals surface area contributed by atoms with Gasteiger partial charge >= 0.3 is 12.1 Å². The molecule has 0 unspecified atom stereocenters. The molecular formula is C33H22F5N. The second-order valence-electron chi connectivity index (χ2n) is 9.98. The van der Waals surface area contributed by atoms with Gasteiger partial charge in [0.25, 0.3) is 0 Å². The van der Waals surface area contributed by atoms with Crippen molar-refractivity contribution in [3.63, 3.8) is 0 Å². The average molecular weight is 528 g/mol. The predicted octanol–water partition coefficient (Wildman–Crippen LogP) is 10.1. The average Bonchev–Trinajstić information content (AvgIpc) is 2.90. The van der Waals surface area contributed by atoms with Crippen molar-refractivity contribution in [2.24, 2.45) is 0 Å². The van der Waals surface area contributed by atoms with E-state index in [4.69, 9.17) is 0 Å². The van der Waals surface area contributed by atoms with E-state index in [1.807, 2.05) is 18.3 Å². The molecule has 0 radical (unpaired) electrons. The van der Waals surface area contributed by atoms with Crippen LogP contribution in [0.25, 0.3) is 54.7 Å². The Kier molecular flexibility index (Phi) is 5.68. The lowest BCUT2D eigenvalue weighted by Gasteiger charge is -2.20. The van der Waals surface area contributed by atoms with Gasteiger partial charge in [0.2, 0.25) is 0 Å². The second kappa shape index (κ2) is 8.87. The molecule has 39 heavy (non-hydrogen) atoms. The highest BCUT2D eigenvalue weighted by Gasteiger charge is 2.58. The first-order chi connectivity index (χ1) is 18.5. The van der Waals surface area contributed by atoms with E-state index in [1.165, 1.54) is 17.2 Å². The van der Waals surface area contributed by atoms with Crippen molar-refractivity contribution in [1.82, 2.24) is 4.98 Å². The van der Waals surface area contributed by atoms with Crippen LogP contribution in [-0.2, 0) is 5.92 Å². The van der Waals surface area contributed by atoms with Gasteiger partial charge in [0.15, 0.2) is 0 Å². The summed E-state index contributed by atoms with van der Waals surface area (Å²) in [5.41, 5.74) is 5.03. The van der Waals surface area contributed by atoms with Crippen molar-refractivity contribution in [1.29, 1.82) is 0 Å². The van der Waals surface area contributed by atoms with E-state index >= 15 is 0 Å². The van der Waals surface area contributed by atoms with Crippen molar-refractivity contribution < 1.29 is 22.0 Å². The van der Waals surface area contributed by atoms with Crippen LogP contribution in [0.15, 0.2) is 97.2 Å². The van der Waals surface area contributed by atoms with Crippen LogP contribution in [0.2, 0.25) is 0 Å². The number of pyridine rings is 1. The molecule has 0 fully saturated rings. The third-order valence-electron chi connectivity index (χ3n) is 7.15. The number of rotatable bonds is 3. The summed E-state index contributed by atoms with van der Waals surface area (Å²) in [5, 5.41) is 5.14. The Balaban J connectivity index is 1.41. The number of aryl methyl sites for hydroxylation is 2. The van der Waals surface area contributed by atoms with Gasteiger partial charge in [0.1, 0.15) is 0 Å². The summed E-state index contributed by atoms with van der Waals surface area (Å²) in [6.07, 6.45) is -3.83. The van der Waals surface area contributed by atoms with Crippen molar-refractivity contribution in [3.8, 4) is 22.4 Å². The maximum absolute atomic E-state index is 13.8. The van der Waals surface area contributed by atoms with Crippen molar-refractivity contribution in [2.75, 3.05) is 0 Å². The van der Waals surface area contributed by atoms with Gasteiger partial charge < -0.3 is 0 Å². The molecule has 0 amide bonds. The van der Waals surface area contributed by atoms with Gasteiger partial charge in [-0.15, -0.1) is 0 Å². The number of hydrogen-bond donors (Lipinski definition) is 0. The van der Waals surface area contributed by atoms with E-state index in [0.717, 1.165) is 56.1 Å². The van der Waals surface area contributed by atoms with Gasteiger partial charge in [-0.3, -0.25) is 4.98 Å². The summed E-state index contributed by atoms with van der Waals surface area (Å²) in [4.78, 5) is 4.69. The first-order valence-corrected chi connectivity index (χ1v) is 12.4. The summed E-state index contributed by atoms with van der Waals surface area (Å²) >= 11 is 0. The van der Waals surface area contributed by atoms with Gasteiger partial charge in [-0.25, -0.2) is 0 Å². The maximum Gasteiger partial charge on any atom is 0.458 e. The summed E-state index contributed by atoms with van der Waals surface area (Å²) in [6.45, 7) is 4.14. The molecule has 0 bridgehead atoms. The number of hydrogen-bond acceptors (Lipinski definition) is 1. The maximum atomic E-state index is 13.8. The lowest BCUT2D eigenvalue weighted by atomic mass is 9.94. The predicted molar refractivity (Wildman–Crippen MR) is 147 cm³/mol. The first kappa shape index (κ1) is 25.0. The van der Waals surface area contributed by atoms with Crippen LogP contribution in [0.3, 0.4) is 0 Å². The van der Waals surface area contributed by atoms with E-state index in [9.17, 15) is 22.0 Å². The van der Waals surface area contributed by atoms with E-state index in [0.29, 0.717) is 10.8 Å². The molecule has 6 heteroatoms. The lowest BCUT2D eigenvalue weighted by molar-refractivity contribution is -0.289. The summed E-state index contributed by atoms with van der Waals surface area (Å²) in [7, 11) is 0. The summed E-state index contributed by atoms with van der Waals surface area (Å²) < 4.78 is 66.1. The van der Waals surface area contributed by atoms with Gasteiger partial charge in [-0.05, 0) is 88.3 Å². The zero-order valence-electron chi connectivity index (χ0n) is 21.1. The number of nitrogens with zero attached hydrogens (tertiary/aromatic N) is 1. The number of halogens is 5. The van der Waals surface area contributed by atoms with Crippen LogP contribution in [0.1, 0.15) is 16.7 Å². The van der Waals surface area contributed by atoms with Gasteiger partial charge in [-0.1, -0.05) is 65.7 Å². The molecule has 6 rings (SSSR count). The van der Waals surface area contributed by atoms with E-state index < -0.39 is 17.7 Å². The van der Waals surface area contributed by atoms with Crippen molar-refractivity contribution >= 4 is 32.3 Å². The van der Waals surface area contributed by atoms with Crippen LogP contribution in [0.5, 0.6) is 0 Å². The van der Waals surface area contributed by atoms with Crippen molar-refractivity contribution in [3.05, 3.63) is 114 Å². The van der Waals surface area contributed by atoms with Crippen molar-refractivity contribution in [2.45, 2.75) is 25.9 Å². The largest absolute Gasteiger partial charge is 0.458 e. The van der Waals surface area contributed by atoms with E-state index in [2.05, 4.69) is 61.3 Å². The first-order valence-electron chi connectivity index (χ1n) is 12.4. The topological polar surface area (TPSA) is 12.9 Å². The molecule has 0 aliphatic heterocycles. The van der Waals surface area contributed by atoms with Crippen LogP contribution in [-0.4, -0.2) is 11.2 Å². The number of benzene rings is 5. The van der Waals surface area contributed by atoms with Crippen LogP contribution in [0, 0.1) is 13.8 Å². The zero-order valence-corrected chi connectivity index (χ0v) is 21.1. The molecule has 1 aromatic heterocycles. The fraction of sp³-hybridized carbons (Fsp3) is 0.121. The molecular weight excluding hydrogens is 505 g/mol. The zero-order chi connectivity index (χ0) is 27.5. The molecule has 0 N–H and O–H groups in total. The molecule has 0 aliphatic carbocycles. The normalized spacial score (nSPS) is 12.5. The quantitative estimate of drug-likeness (QED) is 0.165. The Labute approximate surface area is 221 Å². The van der Waals surface area contributed by atoms with Gasteiger partial charge in [-0.2, -0.15) is 22.0 Å². The minimum Gasteiger partial charge on any atom is -0.256 e. The van der Waals surface area contributed by atoms with Gasteiger partial charge in [0, 0.05) is 22.7 Å². The Bertz CT molecular complexity index is 1880. The smallest absolute Gasteiger partial charge is 0.256 e. The lowest BCUT2D eigenvalue weighted by Crippen LogP contribution is -2.33. The highest BCUT2D eigenvalue weighted by atomic mass is 19.4. The number of alkyl halides is 5. The minimum atomic E-state index is -5.65. The third kappa shape index (κ3) is 4.30. The number of fused-ring (bicyclic) bond motifs is 4.